The molecule has 1 aromatic heterocycles. The third kappa shape index (κ3) is 14.6. The molecule has 0 radical (unpaired) electrons. The van der Waals surface area contributed by atoms with Gasteiger partial charge in [-0.25, -0.2) is 4.79 Å². The Bertz CT molecular complexity index is 4010. The van der Waals surface area contributed by atoms with Crippen LogP contribution in [-0.2, 0) is 29.8 Å². The molecule has 0 aliphatic carbocycles. The first kappa shape index (κ1) is 64.8. The minimum Gasteiger partial charge on any atom is -0.493 e. The van der Waals surface area contributed by atoms with E-state index in [-0.39, 0.29) is 66.5 Å². The van der Waals surface area contributed by atoms with Gasteiger partial charge in [-0.15, -0.1) is 0 Å². The number of hydrogen-bond donors (Lipinski definition) is 3. The number of nitrogens with one attached hydrogen (secondary N) is 1. The lowest BCUT2D eigenvalue weighted by molar-refractivity contribution is -0.131. The van der Waals surface area contributed by atoms with E-state index in [4.69, 9.17) is 4.74 Å². The zero-order valence-electron chi connectivity index (χ0n) is 52.3. The van der Waals surface area contributed by atoms with Crippen LogP contribution in [0.15, 0.2) is 188 Å². The fourth-order valence-electron chi connectivity index (χ4n) is 12.6. The Morgan fingerprint density at radius 3 is 1.28 bits per heavy atom. The Hall–Kier alpha value is -10.8. The van der Waals surface area contributed by atoms with Crippen LogP contribution in [0.4, 0.5) is 5.69 Å². The number of imide groups is 3. The molecule has 0 unspecified atom stereocenters. The van der Waals surface area contributed by atoms with Gasteiger partial charge in [0.25, 0.3) is 41.4 Å². The summed E-state index contributed by atoms with van der Waals surface area (Å²) in [5.74, 6) is 3.63. The van der Waals surface area contributed by atoms with Crippen molar-refractivity contribution in [2.24, 2.45) is 0 Å². The summed E-state index contributed by atoms with van der Waals surface area (Å²) in [6.07, 6.45) is 11.8. The Morgan fingerprint density at radius 2 is 0.862 bits per heavy atom. The zero-order chi connectivity index (χ0) is 65.6. The van der Waals surface area contributed by atoms with Crippen LogP contribution in [0.25, 0.3) is 6.08 Å². The van der Waals surface area contributed by atoms with Crippen LogP contribution in [0.1, 0.15) is 189 Å². The number of carboxylic acids is 1. The van der Waals surface area contributed by atoms with Crippen molar-refractivity contribution in [1.29, 1.82) is 0 Å². The Kier molecular flexibility index (Phi) is 20.8. The van der Waals surface area contributed by atoms with Crippen LogP contribution < -0.4 is 10.1 Å². The van der Waals surface area contributed by atoms with E-state index in [1.807, 2.05) is 78.9 Å². The maximum absolute atomic E-state index is 15.3. The summed E-state index contributed by atoms with van der Waals surface area (Å²) in [5, 5.41) is 25.8. The van der Waals surface area contributed by atoms with Gasteiger partial charge in [0.2, 0.25) is 0 Å². The number of nitrogens with zero attached hydrogens (tertiary/aromatic N) is 4. The molecule has 7 aromatic carbocycles. The van der Waals surface area contributed by atoms with Gasteiger partial charge in [-0.3, -0.25) is 48.3 Å². The number of carbonyl (C=O) groups excluding carboxylic acids is 7. The van der Waals surface area contributed by atoms with Gasteiger partial charge in [0.1, 0.15) is 17.1 Å². The van der Waals surface area contributed by atoms with Crippen LogP contribution in [0.3, 0.4) is 0 Å². The number of benzene rings is 7. The number of aryl methyl sites for hydroxylation is 2. The molecule has 3 aliphatic heterocycles. The van der Waals surface area contributed by atoms with Crippen molar-refractivity contribution >= 4 is 59.1 Å². The summed E-state index contributed by atoms with van der Waals surface area (Å²) in [4.78, 5) is 110. The molecule has 3 aliphatic rings. The van der Waals surface area contributed by atoms with Crippen molar-refractivity contribution in [2.45, 2.75) is 102 Å². The molecule has 0 saturated heterocycles. The number of rotatable bonds is 30. The summed E-state index contributed by atoms with van der Waals surface area (Å²) < 4.78 is 8.58. The van der Waals surface area contributed by atoms with Crippen molar-refractivity contribution in [1.82, 2.24) is 19.3 Å². The number of aliphatic hydroxyl groups is 1. The average molecular weight is 1260 g/mol. The number of fused-ring (bicyclic) bond motifs is 3. The van der Waals surface area contributed by atoms with E-state index in [1.165, 1.54) is 20.8 Å². The molecule has 11 rings (SSSR count). The van der Waals surface area contributed by atoms with Crippen molar-refractivity contribution in [3.63, 3.8) is 0 Å². The Labute approximate surface area is 546 Å². The summed E-state index contributed by atoms with van der Waals surface area (Å²) in [6.45, 7) is 1.39. The molecule has 0 fully saturated rings. The minimum atomic E-state index is -1.82. The lowest BCUT2D eigenvalue weighted by Crippen LogP contribution is -2.30. The first-order valence-electron chi connectivity index (χ1n) is 32.3. The average Bonchev–Trinajstić information content (AvgIpc) is 1.58. The predicted octanol–water partition coefficient (Wildman–Crippen LogP) is 13.2. The number of carbonyl (C=O) groups is 8. The third-order valence-electron chi connectivity index (χ3n) is 17.5. The maximum atomic E-state index is 15.3. The largest absolute Gasteiger partial charge is 0.493 e. The first-order valence-corrected chi connectivity index (χ1v) is 32.3. The molecule has 7 amide bonds. The van der Waals surface area contributed by atoms with Crippen LogP contribution in [0.5, 0.6) is 5.75 Å². The van der Waals surface area contributed by atoms with Crippen LogP contribution in [0, 0.1) is 11.8 Å². The number of aromatic nitrogens is 1. The number of anilines is 1. The summed E-state index contributed by atoms with van der Waals surface area (Å²) in [5.41, 5.74) is 5.49. The van der Waals surface area contributed by atoms with Crippen LogP contribution in [-0.4, -0.2) is 103 Å². The van der Waals surface area contributed by atoms with Gasteiger partial charge in [0, 0.05) is 54.6 Å². The fraction of sp³-hybridized carbons (Fsp3) is 0.256. The molecule has 3 N–H and O–H groups in total. The highest BCUT2D eigenvalue weighted by Gasteiger charge is 2.37. The summed E-state index contributed by atoms with van der Waals surface area (Å²) in [7, 11) is 0. The molecule has 0 spiro atoms. The second kappa shape index (κ2) is 30.1. The van der Waals surface area contributed by atoms with E-state index in [2.05, 4.69) is 17.2 Å². The fourth-order valence-corrected chi connectivity index (χ4v) is 12.6. The van der Waals surface area contributed by atoms with Crippen LogP contribution in [0.2, 0.25) is 0 Å². The Balaban J connectivity index is 0.879. The van der Waals surface area contributed by atoms with Gasteiger partial charge in [-0.05, 0) is 135 Å². The van der Waals surface area contributed by atoms with Gasteiger partial charge < -0.3 is 24.8 Å². The SMILES string of the molecule is O=C(O)C=Cc1cc(C(=O)Nc2cc(CCCCCCN3C(=O)c4ccccc4C3=O)c(OCCCCCCN3C(=O)c4ccccc4C3=O)c(CCCCCCN3C(=O)c4ccccc4C3=O)c2)n(Cc2ccccc2)c1C#CC(O)(c1ccccc1)c1ccccc1. The number of unbranched alkanes of at least 4 members (excludes halogenated alkanes) is 9. The second-order valence-electron chi connectivity index (χ2n) is 23.9. The molecule has 4 heterocycles. The lowest BCUT2D eigenvalue weighted by Gasteiger charge is -2.23. The smallest absolute Gasteiger partial charge is 0.328 e. The van der Waals surface area contributed by atoms with Crippen LogP contribution >= 0.6 is 0 Å². The number of ether oxygens (including phenoxy) is 1. The third-order valence-corrected chi connectivity index (χ3v) is 17.5. The van der Waals surface area contributed by atoms with E-state index in [1.54, 1.807) is 108 Å². The number of aliphatic carboxylic acids is 1. The summed E-state index contributed by atoms with van der Waals surface area (Å²) >= 11 is 0. The normalized spacial score (nSPS) is 13.4. The highest BCUT2D eigenvalue weighted by molar-refractivity contribution is 6.22. The topological polar surface area (TPSA) is 213 Å². The minimum absolute atomic E-state index is 0.149. The zero-order valence-corrected chi connectivity index (χ0v) is 52.3. The highest BCUT2D eigenvalue weighted by Crippen LogP contribution is 2.35. The van der Waals surface area contributed by atoms with Gasteiger partial charge in [0.05, 0.1) is 40.0 Å². The Morgan fingerprint density at radius 1 is 0.479 bits per heavy atom. The molecule has 16 heteroatoms. The van der Waals surface area contributed by atoms with Gasteiger partial charge in [-0.2, -0.15) is 0 Å². The van der Waals surface area contributed by atoms with E-state index in [0.29, 0.717) is 126 Å². The lowest BCUT2D eigenvalue weighted by atomic mass is 9.87. The first-order chi connectivity index (χ1) is 45.8. The van der Waals surface area contributed by atoms with E-state index < -0.39 is 17.5 Å². The molecule has 0 atom stereocenters. The van der Waals surface area contributed by atoms with E-state index >= 15 is 4.79 Å². The van der Waals surface area contributed by atoms with Crippen molar-refractivity contribution in [3.8, 4) is 17.6 Å². The monoisotopic (exact) mass is 1260 g/mol. The predicted molar refractivity (Wildman–Crippen MR) is 358 cm³/mol. The molecule has 0 saturated carbocycles. The van der Waals surface area contributed by atoms with Gasteiger partial charge in [0.15, 0.2) is 5.60 Å². The molecular formula is C78H73N5O11. The van der Waals surface area contributed by atoms with Crippen molar-refractivity contribution in [3.05, 3.63) is 266 Å². The summed E-state index contributed by atoms with van der Waals surface area (Å²) in [6, 6.07) is 53.6. The second-order valence-corrected chi connectivity index (χ2v) is 23.9. The molecule has 16 nitrogen and oxygen atoms in total. The molecule has 8 aromatic rings. The van der Waals surface area contributed by atoms with Crippen molar-refractivity contribution < 1.29 is 53.3 Å². The van der Waals surface area contributed by atoms with Gasteiger partial charge >= 0.3 is 5.97 Å². The van der Waals surface area contributed by atoms with E-state index in [9.17, 15) is 43.8 Å². The maximum Gasteiger partial charge on any atom is 0.328 e. The number of carboxylic acid groups (broad SMARTS) is 1. The van der Waals surface area contributed by atoms with Gasteiger partial charge in [-0.1, -0.05) is 172 Å². The molecule has 94 heavy (non-hydrogen) atoms. The van der Waals surface area contributed by atoms with Crippen molar-refractivity contribution in [2.75, 3.05) is 31.6 Å². The number of amides is 7. The quantitative estimate of drug-likeness (QED) is 0.0167. The number of hydrogen-bond acceptors (Lipinski definition) is 10. The van der Waals surface area contributed by atoms with E-state index in [0.717, 1.165) is 61.3 Å². The highest BCUT2D eigenvalue weighted by atomic mass is 16.5. The molecular weight excluding hydrogens is 1180 g/mol. The molecule has 476 valence electrons. The standard InChI is InChI=1S/C78H73N5O11/c84-69(85)43-42-55-52-68(83(53-54-28-10-7-11-29-54)67(55)44-45-78(93,58-32-14-8-15-33-58)59-34-16-9-17-35-59)71(86)79-60-50-56(30-12-1-3-24-46-80-72(87)61-36-18-19-37-62(61)73(80)88)70(94-49-27-6-5-26-48-82-76(91)65-40-22-23-41-66(65)77(82)92)57(51-60)31-13-2-4-25-47-81-74(89)63-38-20-21-39-64(63)75(81)90/h7-11,14-23,28-29,32-43,50-52,93H,1-6,12-13,24-27,30-31,46-49,53H2,(H,79,86)(H,84,85). The molecule has 0 bridgehead atoms.